The molecular formula is C20H24ClNO. The van der Waals surface area contributed by atoms with Crippen molar-refractivity contribution in [1.29, 1.82) is 0 Å². The Morgan fingerprint density at radius 2 is 1.57 bits per heavy atom. The Labute approximate surface area is 144 Å². The lowest BCUT2D eigenvalue weighted by Crippen LogP contribution is -2.22. The van der Waals surface area contributed by atoms with Gasteiger partial charge >= 0.3 is 0 Å². The molecule has 2 nitrogen and oxygen atoms in total. The minimum absolute atomic E-state index is 0.0213. The lowest BCUT2D eigenvalue weighted by atomic mass is 10.0. The van der Waals surface area contributed by atoms with Crippen LogP contribution in [0.2, 0.25) is 5.02 Å². The number of hydrogen-bond acceptors (Lipinski definition) is 2. The molecule has 1 heterocycles. The zero-order valence-electron chi connectivity index (χ0n) is 13.5. The highest BCUT2D eigenvalue weighted by Gasteiger charge is 2.15. The molecule has 1 fully saturated rings. The van der Waals surface area contributed by atoms with E-state index in [2.05, 4.69) is 41.3 Å². The molecule has 122 valence electrons. The molecule has 1 atom stereocenters. The Morgan fingerprint density at radius 1 is 0.913 bits per heavy atom. The van der Waals surface area contributed by atoms with E-state index in [4.69, 9.17) is 16.3 Å². The van der Waals surface area contributed by atoms with Gasteiger partial charge in [0.05, 0.1) is 0 Å². The molecule has 0 amide bonds. The maximum absolute atomic E-state index is 6.24. The minimum atomic E-state index is -0.0213. The van der Waals surface area contributed by atoms with E-state index in [1.807, 2.05) is 18.2 Å². The van der Waals surface area contributed by atoms with E-state index in [1.165, 1.54) is 31.5 Å². The van der Waals surface area contributed by atoms with Crippen LogP contribution in [-0.4, -0.2) is 31.1 Å². The van der Waals surface area contributed by atoms with Gasteiger partial charge in [-0.15, -0.1) is 0 Å². The van der Waals surface area contributed by atoms with Gasteiger partial charge in [0.1, 0.15) is 6.10 Å². The maximum atomic E-state index is 6.24. The molecule has 3 rings (SSSR count). The molecule has 1 saturated heterocycles. The smallest absolute Gasteiger partial charge is 0.108 e. The van der Waals surface area contributed by atoms with Crippen molar-refractivity contribution >= 4 is 11.6 Å². The van der Waals surface area contributed by atoms with E-state index in [1.54, 1.807) is 0 Å². The third-order valence-corrected chi connectivity index (χ3v) is 4.63. The molecule has 23 heavy (non-hydrogen) atoms. The summed E-state index contributed by atoms with van der Waals surface area (Å²) in [5, 5.41) is 0.759. The van der Waals surface area contributed by atoms with Gasteiger partial charge in [0.2, 0.25) is 0 Å². The maximum Gasteiger partial charge on any atom is 0.108 e. The number of halogens is 1. The van der Waals surface area contributed by atoms with Crippen LogP contribution in [0.5, 0.6) is 0 Å². The number of likely N-dealkylation sites (tertiary alicyclic amines) is 1. The predicted molar refractivity (Wildman–Crippen MR) is 96.0 cm³/mol. The Bertz CT molecular complexity index is 578. The Morgan fingerprint density at radius 3 is 2.26 bits per heavy atom. The van der Waals surface area contributed by atoms with E-state index in [-0.39, 0.29) is 6.10 Å². The largest absolute Gasteiger partial charge is 0.369 e. The number of benzene rings is 2. The first-order chi connectivity index (χ1) is 11.3. The predicted octanol–water partition coefficient (Wildman–Crippen LogP) is 4.93. The van der Waals surface area contributed by atoms with Gasteiger partial charge in [-0.25, -0.2) is 0 Å². The normalized spacial score (nSPS) is 16.6. The molecule has 2 aromatic rings. The van der Waals surface area contributed by atoms with Crippen LogP contribution < -0.4 is 0 Å². The fraction of sp³-hybridized carbons (Fsp3) is 0.400. The number of nitrogens with zero attached hydrogens (tertiary/aromatic N) is 1. The molecule has 0 radical (unpaired) electrons. The van der Waals surface area contributed by atoms with Crippen molar-refractivity contribution in [3.8, 4) is 0 Å². The van der Waals surface area contributed by atoms with Gasteiger partial charge in [0, 0.05) is 18.2 Å². The van der Waals surface area contributed by atoms with Gasteiger partial charge in [-0.1, -0.05) is 54.1 Å². The highest BCUT2D eigenvalue weighted by atomic mass is 35.5. The molecular weight excluding hydrogens is 306 g/mol. The third kappa shape index (κ3) is 4.81. The van der Waals surface area contributed by atoms with Crippen LogP contribution in [0.4, 0.5) is 0 Å². The van der Waals surface area contributed by atoms with Crippen LogP contribution >= 0.6 is 11.6 Å². The van der Waals surface area contributed by atoms with Crippen molar-refractivity contribution < 1.29 is 4.74 Å². The van der Waals surface area contributed by atoms with Crippen LogP contribution in [0.3, 0.4) is 0 Å². The Balaban J connectivity index is 1.62. The van der Waals surface area contributed by atoms with Gasteiger partial charge in [0.25, 0.3) is 0 Å². The van der Waals surface area contributed by atoms with Crippen LogP contribution in [0, 0.1) is 0 Å². The number of hydrogen-bond donors (Lipinski definition) is 0. The fourth-order valence-electron chi connectivity index (χ4n) is 3.15. The molecule has 1 aliphatic heterocycles. The summed E-state index contributed by atoms with van der Waals surface area (Å²) in [5.74, 6) is 0. The summed E-state index contributed by atoms with van der Waals surface area (Å²) < 4.78 is 6.24. The number of ether oxygens (including phenoxy) is 1. The molecule has 0 N–H and O–H groups in total. The third-order valence-electron chi connectivity index (χ3n) is 4.38. The van der Waals surface area contributed by atoms with Crippen molar-refractivity contribution in [3.05, 3.63) is 70.7 Å². The molecule has 0 aromatic heterocycles. The summed E-state index contributed by atoms with van der Waals surface area (Å²) in [4.78, 5) is 2.53. The standard InChI is InChI=1S/C20H24ClNO/c21-19-11-9-18(10-12-19)20(17-7-2-1-3-8-17)23-16-6-15-22-13-4-5-14-22/h1-3,7-12,20H,4-6,13-16H2/t20-/m1/s1. The topological polar surface area (TPSA) is 12.5 Å². The van der Waals surface area contributed by atoms with Crippen molar-refractivity contribution in [2.45, 2.75) is 25.4 Å². The van der Waals surface area contributed by atoms with Crippen molar-refractivity contribution in [2.24, 2.45) is 0 Å². The summed E-state index contributed by atoms with van der Waals surface area (Å²) in [6.45, 7) is 4.42. The van der Waals surface area contributed by atoms with E-state index in [0.29, 0.717) is 0 Å². The molecule has 0 saturated carbocycles. The zero-order valence-corrected chi connectivity index (χ0v) is 14.2. The van der Waals surface area contributed by atoms with E-state index in [9.17, 15) is 0 Å². The lowest BCUT2D eigenvalue weighted by Gasteiger charge is -2.20. The summed E-state index contributed by atoms with van der Waals surface area (Å²) in [7, 11) is 0. The summed E-state index contributed by atoms with van der Waals surface area (Å²) in [6.07, 6.45) is 3.75. The second kappa shape index (κ2) is 8.49. The zero-order chi connectivity index (χ0) is 15.9. The molecule has 1 aliphatic rings. The van der Waals surface area contributed by atoms with Crippen LogP contribution in [0.1, 0.15) is 36.5 Å². The Kier molecular flexibility index (Phi) is 6.09. The van der Waals surface area contributed by atoms with Gasteiger partial charge in [0.15, 0.2) is 0 Å². The SMILES string of the molecule is Clc1ccc([C@H](OCCCN2CCCC2)c2ccccc2)cc1. The highest BCUT2D eigenvalue weighted by Crippen LogP contribution is 2.27. The monoisotopic (exact) mass is 329 g/mol. The first kappa shape index (κ1) is 16.5. The molecule has 0 unspecified atom stereocenters. The summed E-state index contributed by atoms with van der Waals surface area (Å²) >= 11 is 6.02. The first-order valence-corrected chi connectivity index (χ1v) is 8.85. The second-order valence-corrected chi connectivity index (χ2v) is 6.55. The first-order valence-electron chi connectivity index (χ1n) is 8.47. The quantitative estimate of drug-likeness (QED) is 0.668. The minimum Gasteiger partial charge on any atom is -0.369 e. The summed E-state index contributed by atoms with van der Waals surface area (Å²) in [6, 6.07) is 18.4. The van der Waals surface area contributed by atoms with Gasteiger partial charge in [-0.3, -0.25) is 0 Å². The molecule has 0 aliphatic carbocycles. The van der Waals surface area contributed by atoms with Crippen LogP contribution in [0.25, 0.3) is 0 Å². The van der Waals surface area contributed by atoms with Crippen LogP contribution in [0.15, 0.2) is 54.6 Å². The van der Waals surface area contributed by atoms with Gasteiger partial charge in [-0.05, 0) is 55.6 Å². The number of rotatable bonds is 7. The fourth-order valence-corrected chi connectivity index (χ4v) is 3.27. The highest BCUT2D eigenvalue weighted by molar-refractivity contribution is 6.30. The molecule has 0 spiro atoms. The lowest BCUT2D eigenvalue weighted by molar-refractivity contribution is 0.0731. The van der Waals surface area contributed by atoms with E-state index >= 15 is 0 Å². The van der Waals surface area contributed by atoms with E-state index < -0.39 is 0 Å². The average Bonchev–Trinajstić information content (AvgIpc) is 3.10. The molecule has 3 heteroatoms. The summed E-state index contributed by atoms with van der Waals surface area (Å²) in [5.41, 5.74) is 2.35. The molecule has 2 aromatic carbocycles. The van der Waals surface area contributed by atoms with Crippen molar-refractivity contribution in [1.82, 2.24) is 4.90 Å². The average molecular weight is 330 g/mol. The van der Waals surface area contributed by atoms with Crippen LogP contribution in [-0.2, 0) is 4.74 Å². The van der Waals surface area contributed by atoms with Gasteiger partial charge < -0.3 is 9.64 Å². The Hall–Kier alpha value is -1.35. The van der Waals surface area contributed by atoms with Crippen molar-refractivity contribution in [2.75, 3.05) is 26.2 Å². The molecule has 0 bridgehead atoms. The second-order valence-electron chi connectivity index (χ2n) is 6.12. The van der Waals surface area contributed by atoms with Gasteiger partial charge in [-0.2, -0.15) is 0 Å². The van der Waals surface area contributed by atoms with E-state index in [0.717, 1.165) is 30.2 Å². The van der Waals surface area contributed by atoms with Crippen molar-refractivity contribution in [3.63, 3.8) is 0 Å².